The van der Waals surface area contributed by atoms with Gasteiger partial charge in [0.2, 0.25) is 0 Å². The number of halogens is 2. The van der Waals surface area contributed by atoms with Crippen LogP contribution in [-0.4, -0.2) is 62.3 Å². The largest absolute Gasteiger partial charge is 0.478 e. The Morgan fingerprint density at radius 3 is 2.40 bits per heavy atom. The van der Waals surface area contributed by atoms with Crippen molar-refractivity contribution in [1.82, 2.24) is 19.6 Å². The molecule has 2 aromatic carbocycles. The molecule has 1 fully saturated rings. The number of benzene rings is 2. The number of nitrogens with one attached hydrogen (secondary N) is 2. The lowest BCUT2D eigenvalue weighted by atomic mass is 9.98. The number of carboxylic acids is 1. The number of amides is 2. The molecule has 0 radical (unpaired) electrons. The van der Waals surface area contributed by atoms with Gasteiger partial charge in [0.25, 0.3) is 11.8 Å². The van der Waals surface area contributed by atoms with Gasteiger partial charge in [0.15, 0.2) is 0 Å². The number of hydrogen-bond donors (Lipinski definition) is 3. The average Bonchev–Trinajstić information content (AvgIpc) is 3.39. The number of carbonyl (C=O) groups excluding carboxylic acids is 2. The average molecular weight is 576 g/mol. The molecule has 5 rings (SSSR count). The molecule has 3 heterocycles. The summed E-state index contributed by atoms with van der Waals surface area (Å²) in [5.74, 6) is -3.93. The van der Waals surface area contributed by atoms with Crippen molar-refractivity contribution >= 4 is 29.1 Å². The summed E-state index contributed by atoms with van der Waals surface area (Å²) in [6.45, 7) is 5.56. The van der Waals surface area contributed by atoms with Crippen LogP contribution in [0.1, 0.15) is 64.3 Å². The molecule has 4 aromatic rings. The van der Waals surface area contributed by atoms with Crippen LogP contribution in [0.25, 0.3) is 16.8 Å². The van der Waals surface area contributed by atoms with Gasteiger partial charge in [0.1, 0.15) is 23.0 Å². The first-order valence-corrected chi connectivity index (χ1v) is 13.8. The SMILES string of the molecule is C[C@@H]1CCC[C@H](C)N1CCNC(=O)c1ccc(F)c(NC(=O)c2cnc3cc(-c4ccc(C(=O)O)c(F)c4)ccn23)c1. The zero-order chi connectivity index (χ0) is 30.0. The van der Waals surface area contributed by atoms with Gasteiger partial charge in [-0.1, -0.05) is 12.5 Å². The van der Waals surface area contributed by atoms with E-state index in [0.29, 0.717) is 35.4 Å². The van der Waals surface area contributed by atoms with Crippen molar-refractivity contribution in [2.24, 2.45) is 0 Å². The molecular formula is C31H31F2N5O4. The first-order valence-electron chi connectivity index (χ1n) is 13.8. The minimum Gasteiger partial charge on any atom is -0.478 e. The van der Waals surface area contributed by atoms with Gasteiger partial charge in [-0.2, -0.15) is 0 Å². The third-order valence-corrected chi connectivity index (χ3v) is 7.79. The first kappa shape index (κ1) is 28.9. The minimum absolute atomic E-state index is 0.114. The molecule has 0 unspecified atom stereocenters. The van der Waals surface area contributed by atoms with E-state index in [0.717, 1.165) is 31.5 Å². The van der Waals surface area contributed by atoms with E-state index in [4.69, 9.17) is 5.11 Å². The Labute approximate surface area is 241 Å². The third-order valence-electron chi connectivity index (χ3n) is 7.79. The summed E-state index contributed by atoms with van der Waals surface area (Å²) < 4.78 is 30.3. The topological polar surface area (TPSA) is 116 Å². The fourth-order valence-electron chi connectivity index (χ4n) is 5.46. The molecule has 218 valence electrons. The van der Waals surface area contributed by atoms with Gasteiger partial charge in [-0.3, -0.25) is 18.9 Å². The smallest absolute Gasteiger partial charge is 0.338 e. The van der Waals surface area contributed by atoms with Crippen LogP contribution in [0.15, 0.2) is 60.9 Å². The van der Waals surface area contributed by atoms with E-state index in [-0.39, 0.29) is 22.9 Å². The Morgan fingerprint density at radius 2 is 1.69 bits per heavy atom. The Morgan fingerprint density at radius 1 is 0.952 bits per heavy atom. The number of pyridine rings is 1. The molecule has 9 nitrogen and oxygen atoms in total. The predicted molar refractivity (Wildman–Crippen MR) is 154 cm³/mol. The van der Waals surface area contributed by atoms with Crippen LogP contribution in [0.2, 0.25) is 0 Å². The van der Waals surface area contributed by atoms with Gasteiger partial charge >= 0.3 is 5.97 Å². The highest BCUT2D eigenvalue weighted by molar-refractivity contribution is 6.04. The number of aromatic carboxylic acids is 1. The van der Waals surface area contributed by atoms with Crippen LogP contribution in [0.3, 0.4) is 0 Å². The van der Waals surface area contributed by atoms with Crippen LogP contribution in [0.5, 0.6) is 0 Å². The summed E-state index contributed by atoms with van der Waals surface area (Å²) in [4.78, 5) is 43.6. The minimum atomic E-state index is -1.36. The zero-order valence-corrected chi connectivity index (χ0v) is 23.2. The highest BCUT2D eigenvalue weighted by Crippen LogP contribution is 2.25. The number of carboxylic acid groups (broad SMARTS) is 1. The van der Waals surface area contributed by atoms with E-state index in [1.54, 1.807) is 18.3 Å². The van der Waals surface area contributed by atoms with E-state index in [2.05, 4.69) is 34.4 Å². The molecule has 1 aliphatic rings. The number of hydrogen-bond acceptors (Lipinski definition) is 5. The Hall–Kier alpha value is -4.64. The van der Waals surface area contributed by atoms with E-state index in [1.165, 1.54) is 41.3 Å². The Kier molecular flexibility index (Phi) is 8.30. The lowest BCUT2D eigenvalue weighted by molar-refractivity contribution is 0.0691. The molecule has 1 aliphatic heterocycles. The fourth-order valence-corrected chi connectivity index (χ4v) is 5.46. The summed E-state index contributed by atoms with van der Waals surface area (Å²) in [5.41, 5.74) is 1.11. The molecule has 11 heteroatoms. The van der Waals surface area contributed by atoms with Gasteiger partial charge in [-0.25, -0.2) is 18.6 Å². The number of likely N-dealkylation sites (tertiary alicyclic amines) is 1. The second kappa shape index (κ2) is 12.1. The van der Waals surface area contributed by atoms with Gasteiger partial charge < -0.3 is 15.7 Å². The van der Waals surface area contributed by atoms with Crippen molar-refractivity contribution in [2.75, 3.05) is 18.4 Å². The van der Waals surface area contributed by atoms with Crippen LogP contribution in [-0.2, 0) is 0 Å². The summed E-state index contributed by atoms with van der Waals surface area (Å²) in [7, 11) is 0. The molecular weight excluding hydrogens is 544 g/mol. The number of carbonyl (C=O) groups is 3. The Balaban J connectivity index is 1.27. The van der Waals surface area contributed by atoms with E-state index < -0.39 is 29.1 Å². The summed E-state index contributed by atoms with van der Waals surface area (Å²) in [6.07, 6.45) is 6.35. The standard InChI is InChI=1S/C31H31F2N5O4/c1-18-4-3-5-19(2)37(18)13-11-34-29(39)22-7-9-24(32)26(15-22)36-30(40)27-17-35-28-16-21(10-12-38(27)28)20-6-8-23(31(41)42)25(33)14-20/h6-10,12,14-19H,3-5,11,13H2,1-2H3,(H,34,39)(H,36,40)(H,41,42)/t18-,19+. The first-order chi connectivity index (χ1) is 20.1. The number of aromatic nitrogens is 2. The highest BCUT2D eigenvalue weighted by atomic mass is 19.1. The normalized spacial score (nSPS) is 17.2. The second-order valence-corrected chi connectivity index (χ2v) is 10.6. The second-order valence-electron chi connectivity index (χ2n) is 10.6. The predicted octanol–water partition coefficient (Wildman–Crippen LogP) is 5.22. The quantitative estimate of drug-likeness (QED) is 0.265. The molecule has 42 heavy (non-hydrogen) atoms. The number of fused-ring (bicyclic) bond motifs is 1. The number of anilines is 1. The molecule has 2 amide bonds. The van der Waals surface area contributed by atoms with Gasteiger partial charge in [0.05, 0.1) is 17.4 Å². The van der Waals surface area contributed by atoms with E-state index in [9.17, 15) is 23.2 Å². The molecule has 0 aliphatic carbocycles. The molecule has 2 atom stereocenters. The van der Waals surface area contributed by atoms with Gasteiger partial charge in [-0.15, -0.1) is 0 Å². The lowest BCUT2D eigenvalue weighted by Crippen LogP contribution is -2.47. The van der Waals surface area contributed by atoms with Crippen LogP contribution >= 0.6 is 0 Å². The van der Waals surface area contributed by atoms with Crippen molar-refractivity contribution in [3.8, 4) is 11.1 Å². The lowest BCUT2D eigenvalue weighted by Gasteiger charge is -2.39. The zero-order valence-electron chi connectivity index (χ0n) is 23.2. The third kappa shape index (κ3) is 6.01. The monoisotopic (exact) mass is 575 g/mol. The maximum Gasteiger partial charge on any atom is 0.338 e. The van der Waals surface area contributed by atoms with Crippen molar-refractivity contribution < 1.29 is 28.3 Å². The molecule has 0 saturated carbocycles. The van der Waals surface area contributed by atoms with E-state index >= 15 is 0 Å². The molecule has 0 bridgehead atoms. The highest BCUT2D eigenvalue weighted by Gasteiger charge is 2.24. The van der Waals surface area contributed by atoms with Crippen molar-refractivity contribution in [2.45, 2.75) is 45.2 Å². The van der Waals surface area contributed by atoms with Crippen LogP contribution in [0, 0.1) is 11.6 Å². The van der Waals surface area contributed by atoms with Crippen LogP contribution in [0.4, 0.5) is 14.5 Å². The van der Waals surface area contributed by atoms with Crippen LogP contribution < -0.4 is 10.6 Å². The van der Waals surface area contributed by atoms with E-state index in [1.807, 2.05) is 0 Å². The fraction of sp³-hybridized carbons (Fsp3) is 0.290. The number of piperidine rings is 1. The molecule has 0 spiro atoms. The van der Waals surface area contributed by atoms with Crippen molar-refractivity contribution in [1.29, 1.82) is 0 Å². The number of rotatable bonds is 8. The maximum atomic E-state index is 14.6. The summed E-state index contributed by atoms with van der Waals surface area (Å²) in [5, 5.41) is 14.5. The summed E-state index contributed by atoms with van der Waals surface area (Å²) >= 11 is 0. The molecule has 3 N–H and O–H groups in total. The number of imidazole rings is 1. The molecule has 2 aromatic heterocycles. The van der Waals surface area contributed by atoms with Gasteiger partial charge in [0, 0.05) is 36.9 Å². The van der Waals surface area contributed by atoms with Gasteiger partial charge in [-0.05, 0) is 80.3 Å². The molecule has 1 saturated heterocycles. The van der Waals surface area contributed by atoms with Crippen molar-refractivity contribution in [3.05, 3.63) is 89.4 Å². The number of nitrogens with zero attached hydrogens (tertiary/aromatic N) is 3. The van der Waals surface area contributed by atoms with Crippen molar-refractivity contribution in [3.63, 3.8) is 0 Å². The summed E-state index contributed by atoms with van der Waals surface area (Å²) in [6, 6.07) is 11.7. The Bertz CT molecular complexity index is 1660. The maximum absolute atomic E-state index is 14.6.